The van der Waals surface area contributed by atoms with Crippen molar-refractivity contribution in [3.8, 4) is 0 Å². The van der Waals surface area contributed by atoms with Gasteiger partial charge in [-0.15, -0.1) is 0 Å². The normalized spacial score (nSPS) is 25.8. The molecule has 2 rings (SSSR count). The Morgan fingerprint density at radius 1 is 1.24 bits per heavy atom. The first kappa shape index (κ1) is 19.6. The number of amidine groups is 1. The van der Waals surface area contributed by atoms with E-state index < -0.39 is 0 Å². The zero-order valence-electron chi connectivity index (χ0n) is 16.1. The number of aliphatic imine (C=N–C) groups is 2. The molecule has 2 aliphatic rings. The van der Waals surface area contributed by atoms with Gasteiger partial charge in [-0.1, -0.05) is 19.1 Å². The Hall–Kier alpha value is -1.69. The minimum atomic E-state index is 0.105. The maximum Gasteiger partial charge on any atom is 0.234 e. The van der Waals surface area contributed by atoms with Gasteiger partial charge < -0.3 is 10.2 Å². The lowest BCUT2D eigenvalue weighted by molar-refractivity contribution is -0.123. The van der Waals surface area contributed by atoms with E-state index in [2.05, 4.69) is 39.2 Å². The average molecular weight is 348 g/mol. The van der Waals surface area contributed by atoms with Crippen molar-refractivity contribution in [2.24, 2.45) is 15.9 Å². The molecule has 1 unspecified atom stereocenters. The fraction of sp³-hybridized carbons (Fsp3) is 0.737. The van der Waals surface area contributed by atoms with Crippen LogP contribution in [0, 0.1) is 5.92 Å². The van der Waals surface area contributed by atoms with Gasteiger partial charge in [0.15, 0.2) is 0 Å². The quantitative estimate of drug-likeness (QED) is 0.467. The molecule has 0 radical (unpaired) electrons. The lowest BCUT2D eigenvalue weighted by atomic mass is 9.91. The summed E-state index contributed by atoms with van der Waals surface area (Å²) in [5, 5.41) is 2.95. The summed E-state index contributed by atoms with van der Waals surface area (Å²) in [7, 11) is 1.83. The summed E-state index contributed by atoms with van der Waals surface area (Å²) in [5.41, 5.74) is 0. The highest BCUT2D eigenvalue weighted by molar-refractivity contribution is 6.29. The molecule has 1 aliphatic carbocycles. The SMILES string of the molecule is C/N=C(\C=NC1CC=CC[C@@H]1C)N1CCN(CC(=O)NC(C)C)CC1. The van der Waals surface area contributed by atoms with Crippen molar-refractivity contribution in [2.45, 2.75) is 45.7 Å². The Morgan fingerprint density at radius 3 is 2.52 bits per heavy atom. The van der Waals surface area contributed by atoms with E-state index in [0.717, 1.165) is 44.9 Å². The smallest absolute Gasteiger partial charge is 0.234 e. The molecule has 0 aromatic rings. The predicted molar refractivity (Wildman–Crippen MR) is 104 cm³/mol. The van der Waals surface area contributed by atoms with E-state index in [9.17, 15) is 4.79 Å². The fourth-order valence-corrected chi connectivity index (χ4v) is 3.29. The number of carbonyl (C=O) groups is 1. The zero-order chi connectivity index (χ0) is 18.2. The summed E-state index contributed by atoms with van der Waals surface area (Å²) in [6.45, 7) is 10.2. The molecule has 1 heterocycles. The monoisotopic (exact) mass is 347 g/mol. The number of hydrogen-bond donors (Lipinski definition) is 1. The van der Waals surface area contributed by atoms with Gasteiger partial charge in [-0.3, -0.25) is 19.7 Å². The maximum atomic E-state index is 11.9. The molecule has 140 valence electrons. The van der Waals surface area contributed by atoms with Crippen LogP contribution in [0.15, 0.2) is 22.1 Å². The first-order chi connectivity index (χ1) is 12.0. The summed E-state index contributed by atoms with van der Waals surface area (Å²) in [6, 6.07) is 0.559. The molecule has 0 aromatic heterocycles. The van der Waals surface area contributed by atoms with Crippen LogP contribution in [-0.2, 0) is 4.79 Å². The van der Waals surface area contributed by atoms with Crippen molar-refractivity contribution < 1.29 is 4.79 Å². The molecule has 1 N–H and O–H groups in total. The highest BCUT2D eigenvalue weighted by Gasteiger charge is 2.21. The molecular formula is C19H33N5O. The molecule has 2 atom stereocenters. The first-order valence-corrected chi connectivity index (χ1v) is 9.41. The molecule has 1 fully saturated rings. The van der Waals surface area contributed by atoms with Crippen LogP contribution in [0.5, 0.6) is 0 Å². The number of carbonyl (C=O) groups excluding carboxylic acids is 1. The Morgan fingerprint density at radius 2 is 1.92 bits per heavy atom. The summed E-state index contributed by atoms with van der Waals surface area (Å²) >= 11 is 0. The van der Waals surface area contributed by atoms with E-state index in [0.29, 0.717) is 18.5 Å². The van der Waals surface area contributed by atoms with Gasteiger partial charge in [-0.25, -0.2) is 0 Å². The van der Waals surface area contributed by atoms with Gasteiger partial charge in [-0.05, 0) is 32.6 Å². The zero-order valence-corrected chi connectivity index (χ0v) is 16.1. The number of hydrogen-bond acceptors (Lipinski definition) is 4. The van der Waals surface area contributed by atoms with Crippen LogP contribution in [0.25, 0.3) is 0 Å². The minimum Gasteiger partial charge on any atom is -0.353 e. The van der Waals surface area contributed by atoms with Gasteiger partial charge >= 0.3 is 0 Å². The number of allylic oxidation sites excluding steroid dienone is 1. The van der Waals surface area contributed by atoms with Gasteiger partial charge in [0.1, 0.15) is 5.84 Å². The Bertz CT molecular complexity index is 518. The summed E-state index contributed by atoms with van der Waals surface area (Å²) in [6.07, 6.45) is 8.55. The third-order valence-electron chi connectivity index (χ3n) is 4.83. The average Bonchev–Trinajstić information content (AvgIpc) is 2.57. The van der Waals surface area contributed by atoms with Crippen LogP contribution in [0.4, 0.5) is 0 Å². The number of amides is 1. The van der Waals surface area contributed by atoms with Gasteiger partial charge in [-0.2, -0.15) is 0 Å². The topological polar surface area (TPSA) is 60.3 Å². The van der Waals surface area contributed by atoms with E-state index in [1.54, 1.807) is 0 Å². The fourth-order valence-electron chi connectivity index (χ4n) is 3.29. The first-order valence-electron chi connectivity index (χ1n) is 9.41. The second kappa shape index (κ2) is 9.70. The second-order valence-corrected chi connectivity index (χ2v) is 7.33. The van der Waals surface area contributed by atoms with Gasteiger partial charge in [0.25, 0.3) is 0 Å². The molecule has 0 spiro atoms. The predicted octanol–water partition coefficient (Wildman–Crippen LogP) is 1.58. The maximum absolute atomic E-state index is 11.9. The van der Waals surface area contributed by atoms with Crippen molar-refractivity contribution in [3.05, 3.63) is 12.2 Å². The van der Waals surface area contributed by atoms with E-state index >= 15 is 0 Å². The van der Waals surface area contributed by atoms with Crippen LogP contribution in [0.3, 0.4) is 0 Å². The van der Waals surface area contributed by atoms with Crippen LogP contribution in [-0.4, -0.2) is 79.6 Å². The van der Waals surface area contributed by atoms with Gasteiger partial charge in [0, 0.05) is 39.3 Å². The molecular weight excluding hydrogens is 314 g/mol. The van der Waals surface area contributed by atoms with Crippen LogP contribution in [0.1, 0.15) is 33.6 Å². The summed E-state index contributed by atoms with van der Waals surface area (Å²) in [5.74, 6) is 1.65. The van der Waals surface area contributed by atoms with Crippen LogP contribution < -0.4 is 5.32 Å². The van der Waals surface area contributed by atoms with Crippen LogP contribution >= 0.6 is 0 Å². The van der Waals surface area contributed by atoms with Crippen molar-refractivity contribution in [1.29, 1.82) is 0 Å². The number of nitrogens with one attached hydrogen (secondary N) is 1. The Labute approximate surface area is 152 Å². The molecule has 0 bridgehead atoms. The van der Waals surface area contributed by atoms with Crippen molar-refractivity contribution in [3.63, 3.8) is 0 Å². The number of piperazine rings is 1. The lowest BCUT2D eigenvalue weighted by Gasteiger charge is -2.35. The lowest BCUT2D eigenvalue weighted by Crippen LogP contribution is -2.52. The van der Waals surface area contributed by atoms with Crippen molar-refractivity contribution >= 4 is 18.0 Å². The minimum absolute atomic E-state index is 0.105. The summed E-state index contributed by atoms with van der Waals surface area (Å²) < 4.78 is 0. The molecule has 25 heavy (non-hydrogen) atoms. The van der Waals surface area contributed by atoms with Gasteiger partial charge in [0.2, 0.25) is 5.91 Å². The largest absolute Gasteiger partial charge is 0.353 e. The standard InChI is InChI=1S/C19H33N5O/c1-15(2)22-19(25)14-23-9-11-24(12-10-23)18(20-4)13-21-17-8-6-5-7-16(17)3/h5-6,13,15-17H,7-12,14H2,1-4H3,(H,22,25)/b20-18+,21-13?/t16-,17?/m0/s1. The van der Waals surface area contributed by atoms with Crippen molar-refractivity contribution in [2.75, 3.05) is 39.8 Å². The third kappa shape index (κ3) is 6.27. The van der Waals surface area contributed by atoms with E-state index in [1.807, 2.05) is 27.1 Å². The number of nitrogens with zero attached hydrogens (tertiary/aromatic N) is 4. The number of rotatable bonds is 5. The Kier molecular flexibility index (Phi) is 7.62. The molecule has 1 aliphatic heterocycles. The van der Waals surface area contributed by atoms with Crippen molar-refractivity contribution in [1.82, 2.24) is 15.1 Å². The third-order valence-corrected chi connectivity index (χ3v) is 4.83. The molecule has 0 saturated carbocycles. The van der Waals surface area contributed by atoms with E-state index in [4.69, 9.17) is 4.99 Å². The van der Waals surface area contributed by atoms with E-state index in [1.165, 1.54) is 0 Å². The summed E-state index contributed by atoms with van der Waals surface area (Å²) in [4.78, 5) is 25.6. The Balaban J connectivity index is 1.81. The molecule has 6 heteroatoms. The molecule has 0 aromatic carbocycles. The van der Waals surface area contributed by atoms with Crippen LogP contribution in [0.2, 0.25) is 0 Å². The second-order valence-electron chi connectivity index (χ2n) is 7.33. The molecule has 6 nitrogen and oxygen atoms in total. The molecule has 1 saturated heterocycles. The highest BCUT2D eigenvalue weighted by atomic mass is 16.2. The van der Waals surface area contributed by atoms with E-state index in [-0.39, 0.29) is 11.9 Å². The molecule has 1 amide bonds. The van der Waals surface area contributed by atoms with Gasteiger partial charge in [0.05, 0.1) is 18.8 Å². The highest BCUT2D eigenvalue weighted by Crippen LogP contribution is 2.21.